The molecule has 1 heterocycles. The number of aliphatic hydroxyl groups is 1. The topological polar surface area (TPSA) is 50.4 Å². The lowest BCUT2D eigenvalue weighted by molar-refractivity contribution is -0.104. The molecule has 0 saturated carbocycles. The van der Waals surface area contributed by atoms with Crippen LogP contribution in [0, 0.1) is 0 Å². The Morgan fingerprint density at radius 3 is 3.08 bits per heavy atom. The molecule has 70 valence electrons. The first-order chi connectivity index (χ1) is 6.24. The Morgan fingerprint density at radius 2 is 2.54 bits per heavy atom. The smallest absolute Gasteiger partial charge is 0.145 e. The van der Waals surface area contributed by atoms with Crippen LogP contribution >= 0.6 is 0 Å². The van der Waals surface area contributed by atoms with Crippen molar-refractivity contribution in [2.45, 2.75) is 19.4 Å². The Hall–Kier alpha value is -1.35. The predicted molar refractivity (Wildman–Crippen MR) is 48.1 cm³/mol. The molecule has 0 aliphatic carbocycles. The third-order valence-electron chi connectivity index (χ3n) is 1.72. The molecule has 0 amide bonds. The van der Waals surface area contributed by atoms with E-state index in [1.807, 2.05) is 0 Å². The minimum Gasteiger partial charge on any atom is -0.467 e. The summed E-state index contributed by atoms with van der Waals surface area (Å²) in [5.74, 6) is 0.523. The van der Waals surface area contributed by atoms with E-state index >= 15 is 0 Å². The summed E-state index contributed by atoms with van der Waals surface area (Å²) in [4.78, 5) is 10.2. The molecular weight excluding hydrogens is 168 g/mol. The second-order valence-corrected chi connectivity index (χ2v) is 2.83. The zero-order chi connectivity index (χ0) is 9.68. The molecule has 13 heavy (non-hydrogen) atoms. The number of aliphatic hydroxyl groups excluding tert-OH is 1. The molecule has 0 radical (unpaired) electrons. The summed E-state index contributed by atoms with van der Waals surface area (Å²) in [5.41, 5.74) is 0.616. The number of furan rings is 1. The molecule has 0 aromatic carbocycles. The van der Waals surface area contributed by atoms with Gasteiger partial charge < -0.3 is 9.52 Å². The average molecular weight is 180 g/mol. The lowest BCUT2D eigenvalue weighted by atomic mass is 10.1. The van der Waals surface area contributed by atoms with Crippen LogP contribution in [0.1, 0.15) is 25.2 Å². The molecule has 3 heteroatoms. The number of rotatable bonds is 4. The zero-order valence-corrected chi connectivity index (χ0v) is 7.43. The van der Waals surface area contributed by atoms with E-state index in [4.69, 9.17) is 4.42 Å². The van der Waals surface area contributed by atoms with Crippen molar-refractivity contribution in [3.63, 3.8) is 0 Å². The molecule has 0 aliphatic rings. The highest BCUT2D eigenvalue weighted by molar-refractivity contribution is 5.71. The molecule has 1 unspecified atom stereocenters. The van der Waals surface area contributed by atoms with Crippen LogP contribution in [0.25, 0.3) is 0 Å². The van der Waals surface area contributed by atoms with Crippen molar-refractivity contribution < 1.29 is 14.3 Å². The minimum absolute atomic E-state index is 0.401. The van der Waals surface area contributed by atoms with Crippen molar-refractivity contribution in [1.29, 1.82) is 0 Å². The van der Waals surface area contributed by atoms with Gasteiger partial charge in [0.2, 0.25) is 0 Å². The summed E-state index contributed by atoms with van der Waals surface area (Å²) < 4.78 is 4.99. The van der Waals surface area contributed by atoms with Gasteiger partial charge in [0.15, 0.2) is 0 Å². The molecule has 0 fully saturated rings. The lowest BCUT2D eigenvalue weighted by Gasteiger charge is -2.03. The highest BCUT2D eigenvalue weighted by Crippen LogP contribution is 2.17. The first kappa shape index (κ1) is 9.74. The monoisotopic (exact) mass is 180 g/mol. The molecule has 0 bridgehead atoms. The highest BCUT2D eigenvalue weighted by Gasteiger charge is 2.07. The maximum absolute atomic E-state index is 10.2. The van der Waals surface area contributed by atoms with Crippen LogP contribution in [-0.4, -0.2) is 11.4 Å². The molecule has 1 atom stereocenters. The van der Waals surface area contributed by atoms with E-state index in [0.717, 1.165) is 6.29 Å². The van der Waals surface area contributed by atoms with Gasteiger partial charge in [0.1, 0.15) is 18.2 Å². The van der Waals surface area contributed by atoms with E-state index in [2.05, 4.69) is 0 Å². The molecule has 1 aromatic heterocycles. The van der Waals surface area contributed by atoms with E-state index in [0.29, 0.717) is 17.8 Å². The van der Waals surface area contributed by atoms with E-state index in [9.17, 15) is 9.90 Å². The Kier molecular flexibility index (Phi) is 3.46. The number of aldehydes is 1. The summed E-state index contributed by atoms with van der Waals surface area (Å²) in [5, 5.41) is 9.50. The quantitative estimate of drug-likeness (QED) is 0.568. The summed E-state index contributed by atoms with van der Waals surface area (Å²) in [6.07, 6.45) is 3.69. The van der Waals surface area contributed by atoms with Crippen LogP contribution in [-0.2, 0) is 4.79 Å². The number of carbonyl (C=O) groups excluding carboxylic acids is 1. The van der Waals surface area contributed by atoms with Crippen molar-refractivity contribution in [3.05, 3.63) is 35.8 Å². The Morgan fingerprint density at radius 1 is 1.77 bits per heavy atom. The van der Waals surface area contributed by atoms with E-state index in [-0.39, 0.29) is 0 Å². The molecule has 0 saturated heterocycles. The molecule has 1 rings (SSSR count). The minimum atomic E-state index is -0.662. The molecule has 0 aliphatic heterocycles. The molecule has 0 spiro atoms. The van der Waals surface area contributed by atoms with Gasteiger partial charge >= 0.3 is 0 Å². The number of hydrogen-bond donors (Lipinski definition) is 1. The van der Waals surface area contributed by atoms with Crippen LogP contribution in [0.3, 0.4) is 0 Å². The number of carbonyl (C=O) groups is 1. The number of hydrogen-bond acceptors (Lipinski definition) is 3. The van der Waals surface area contributed by atoms with Crippen LogP contribution in [0.15, 0.2) is 34.5 Å². The van der Waals surface area contributed by atoms with Gasteiger partial charge in [-0.05, 0) is 31.1 Å². The van der Waals surface area contributed by atoms with Gasteiger partial charge in [0.25, 0.3) is 0 Å². The van der Waals surface area contributed by atoms with Gasteiger partial charge in [-0.1, -0.05) is 6.08 Å². The SMILES string of the molecule is C/C(C=O)=C\CC(O)c1ccco1. The van der Waals surface area contributed by atoms with Crippen molar-refractivity contribution >= 4 is 6.29 Å². The van der Waals surface area contributed by atoms with Gasteiger partial charge in [-0.25, -0.2) is 0 Å². The third kappa shape index (κ3) is 2.87. The van der Waals surface area contributed by atoms with Gasteiger partial charge in [-0.3, -0.25) is 4.79 Å². The van der Waals surface area contributed by atoms with Crippen molar-refractivity contribution in [3.8, 4) is 0 Å². The van der Waals surface area contributed by atoms with Gasteiger partial charge in [0, 0.05) is 0 Å². The lowest BCUT2D eigenvalue weighted by Crippen LogP contribution is -1.93. The van der Waals surface area contributed by atoms with Crippen molar-refractivity contribution in [2.75, 3.05) is 0 Å². The third-order valence-corrected chi connectivity index (χ3v) is 1.72. The van der Waals surface area contributed by atoms with E-state index in [1.54, 1.807) is 25.1 Å². The average Bonchev–Trinajstić information content (AvgIpc) is 2.66. The summed E-state index contributed by atoms with van der Waals surface area (Å²) in [6.45, 7) is 1.70. The second kappa shape index (κ2) is 4.62. The molecule has 3 nitrogen and oxygen atoms in total. The van der Waals surface area contributed by atoms with Gasteiger partial charge in [0.05, 0.1) is 6.26 Å². The second-order valence-electron chi connectivity index (χ2n) is 2.83. The van der Waals surface area contributed by atoms with Crippen LogP contribution in [0.4, 0.5) is 0 Å². The summed E-state index contributed by atoms with van der Waals surface area (Å²) >= 11 is 0. The number of allylic oxidation sites excluding steroid dienone is 1. The molecule has 1 N–H and O–H groups in total. The zero-order valence-electron chi connectivity index (χ0n) is 7.43. The predicted octanol–water partition coefficient (Wildman–Crippen LogP) is 1.85. The molecular formula is C10H12O3. The normalized spacial score (nSPS) is 14.2. The van der Waals surface area contributed by atoms with E-state index < -0.39 is 6.10 Å². The van der Waals surface area contributed by atoms with E-state index in [1.165, 1.54) is 6.26 Å². The largest absolute Gasteiger partial charge is 0.467 e. The summed E-state index contributed by atoms with van der Waals surface area (Å²) in [7, 11) is 0. The van der Waals surface area contributed by atoms with Crippen LogP contribution in [0.5, 0.6) is 0 Å². The Bertz CT molecular complexity index is 285. The maximum Gasteiger partial charge on any atom is 0.145 e. The van der Waals surface area contributed by atoms with Crippen molar-refractivity contribution in [2.24, 2.45) is 0 Å². The first-order valence-corrected chi connectivity index (χ1v) is 4.07. The van der Waals surface area contributed by atoms with Crippen molar-refractivity contribution in [1.82, 2.24) is 0 Å². The molecule has 1 aromatic rings. The van der Waals surface area contributed by atoms with Gasteiger partial charge in [-0.2, -0.15) is 0 Å². The fourth-order valence-corrected chi connectivity index (χ4v) is 0.943. The van der Waals surface area contributed by atoms with Crippen LogP contribution in [0.2, 0.25) is 0 Å². The fourth-order valence-electron chi connectivity index (χ4n) is 0.943. The first-order valence-electron chi connectivity index (χ1n) is 4.07. The summed E-state index contributed by atoms with van der Waals surface area (Å²) in [6, 6.07) is 3.42. The fraction of sp³-hybridized carbons (Fsp3) is 0.300. The Labute approximate surface area is 76.7 Å². The highest BCUT2D eigenvalue weighted by atomic mass is 16.4. The standard InChI is InChI=1S/C10H12O3/c1-8(7-11)4-5-9(12)10-3-2-6-13-10/h2-4,6-7,9,12H,5H2,1H3/b8-4+. The Balaban J connectivity index is 2.51. The van der Waals surface area contributed by atoms with Gasteiger partial charge in [-0.15, -0.1) is 0 Å². The maximum atomic E-state index is 10.2. The van der Waals surface area contributed by atoms with Crippen LogP contribution < -0.4 is 0 Å².